The van der Waals surface area contributed by atoms with Crippen LogP contribution in [-0.4, -0.2) is 14.2 Å². The highest BCUT2D eigenvalue weighted by Crippen LogP contribution is 2.33. The summed E-state index contributed by atoms with van der Waals surface area (Å²) in [6.07, 6.45) is 1.65. The summed E-state index contributed by atoms with van der Waals surface area (Å²) < 4.78 is 10.8. The molecule has 0 aliphatic heterocycles. The van der Waals surface area contributed by atoms with Crippen molar-refractivity contribution in [1.82, 2.24) is 0 Å². The molecule has 2 nitrogen and oxygen atoms in total. The number of methoxy groups -OCH3 is 2. The fourth-order valence-corrected chi connectivity index (χ4v) is 2.53. The Bertz CT molecular complexity index is 518. The van der Waals surface area contributed by atoms with E-state index in [-0.39, 0.29) is 5.38 Å². The lowest BCUT2D eigenvalue weighted by atomic mass is 10.0. The first kappa shape index (κ1) is 14.7. The number of hydrogen-bond acceptors (Lipinski definition) is 2. The second-order valence-electron chi connectivity index (χ2n) is 4.56. The Morgan fingerprint density at radius 2 is 1.50 bits per heavy atom. The molecule has 1 unspecified atom stereocenters. The average molecular weight is 291 g/mol. The fraction of sp³-hybridized carbons (Fsp3) is 0.294. The van der Waals surface area contributed by atoms with Gasteiger partial charge in [-0.25, -0.2) is 0 Å². The first-order valence-electron chi connectivity index (χ1n) is 6.65. The smallest absolute Gasteiger partial charge is 0.125 e. The SMILES string of the molecule is COc1cccc(OC)c1CCC(Cl)c1ccccc1. The Labute approximate surface area is 125 Å². The Morgan fingerprint density at radius 3 is 2.05 bits per heavy atom. The highest BCUT2D eigenvalue weighted by molar-refractivity contribution is 6.20. The molecule has 0 amide bonds. The quantitative estimate of drug-likeness (QED) is 0.723. The molecule has 0 spiro atoms. The molecular weight excluding hydrogens is 272 g/mol. The average Bonchev–Trinajstić information content (AvgIpc) is 2.52. The fourth-order valence-electron chi connectivity index (χ4n) is 2.27. The van der Waals surface area contributed by atoms with Crippen LogP contribution < -0.4 is 9.47 Å². The van der Waals surface area contributed by atoms with Crippen LogP contribution in [0.1, 0.15) is 22.9 Å². The van der Waals surface area contributed by atoms with Gasteiger partial charge in [-0.1, -0.05) is 36.4 Å². The minimum absolute atomic E-state index is 0.00850. The normalized spacial score (nSPS) is 11.9. The molecule has 2 aromatic rings. The van der Waals surface area contributed by atoms with Gasteiger partial charge in [0.25, 0.3) is 0 Å². The molecule has 20 heavy (non-hydrogen) atoms. The molecule has 0 aliphatic rings. The molecule has 2 aromatic carbocycles. The Kier molecular flexibility index (Phi) is 5.31. The molecule has 0 aromatic heterocycles. The van der Waals surface area contributed by atoms with Gasteiger partial charge in [-0.05, 0) is 30.5 Å². The first-order valence-corrected chi connectivity index (χ1v) is 7.08. The van der Waals surface area contributed by atoms with E-state index in [1.54, 1.807) is 14.2 Å². The molecule has 0 saturated carbocycles. The van der Waals surface area contributed by atoms with Gasteiger partial charge in [0.2, 0.25) is 0 Å². The second-order valence-corrected chi connectivity index (χ2v) is 5.08. The van der Waals surface area contributed by atoms with E-state index in [9.17, 15) is 0 Å². The van der Waals surface area contributed by atoms with Gasteiger partial charge in [-0.15, -0.1) is 11.6 Å². The zero-order valence-corrected chi connectivity index (χ0v) is 12.6. The maximum atomic E-state index is 6.47. The number of alkyl halides is 1. The van der Waals surface area contributed by atoms with Crippen LogP contribution in [0.3, 0.4) is 0 Å². The lowest BCUT2D eigenvalue weighted by Gasteiger charge is -2.15. The van der Waals surface area contributed by atoms with Crippen LogP contribution in [0, 0.1) is 0 Å². The number of benzene rings is 2. The third-order valence-corrected chi connectivity index (χ3v) is 3.81. The van der Waals surface area contributed by atoms with Gasteiger partial charge in [0.05, 0.1) is 19.6 Å². The third-order valence-electron chi connectivity index (χ3n) is 3.34. The van der Waals surface area contributed by atoms with Crippen LogP contribution in [-0.2, 0) is 6.42 Å². The van der Waals surface area contributed by atoms with Gasteiger partial charge >= 0.3 is 0 Å². The zero-order valence-electron chi connectivity index (χ0n) is 11.8. The standard InChI is InChI=1S/C17H19ClO2/c1-19-16-9-6-10-17(20-2)14(16)11-12-15(18)13-7-4-3-5-8-13/h3-10,15H,11-12H2,1-2H3. The van der Waals surface area contributed by atoms with Crippen LogP contribution in [0.4, 0.5) is 0 Å². The highest BCUT2D eigenvalue weighted by Gasteiger charge is 2.13. The summed E-state index contributed by atoms with van der Waals surface area (Å²) in [4.78, 5) is 0. The summed E-state index contributed by atoms with van der Waals surface area (Å²) in [5, 5.41) is -0.00850. The summed E-state index contributed by atoms with van der Waals surface area (Å²) >= 11 is 6.47. The lowest BCUT2D eigenvalue weighted by molar-refractivity contribution is 0.384. The molecule has 0 N–H and O–H groups in total. The number of ether oxygens (including phenoxy) is 2. The second kappa shape index (κ2) is 7.20. The number of hydrogen-bond donors (Lipinski definition) is 0. The molecule has 0 radical (unpaired) electrons. The minimum Gasteiger partial charge on any atom is -0.496 e. The van der Waals surface area contributed by atoms with E-state index in [1.807, 2.05) is 36.4 Å². The summed E-state index contributed by atoms with van der Waals surface area (Å²) in [7, 11) is 3.35. The molecular formula is C17H19ClO2. The van der Waals surface area contributed by atoms with Gasteiger partial charge in [-0.2, -0.15) is 0 Å². The third kappa shape index (κ3) is 3.45. The van der Waals surface area contributed by atoms with Crippen LogP contribution in [0.15, 0.2) is 48.5 Å². The van der Waals surface area contributed by atoms with Crippen molar-refractivity contribution in [2.75, 3.05) is 14.2 Å². The van der Waals surface area contributed by atoms with Crippen molar-refractivity contribution in [3.8, 4) is 11.5 Å². The van der Waals surface area contributed by atoms with Crippen molar-refractivity contribution in [2.45, 2.75) is 18.2 Å². The monoisotopic (exact) mass is 290 g/mol. The largest absolute Gasteiger partial charge is 0.496 e. The van der Waals surface area contributed by atoms with E-state index in [2.05, 4.69) is 12.1 Å². The number of rotatable bonds is 6. The van der Waals surface area contributed by atoms with Crippen molar-refractivity contribution < 1.29 is 9.47 Å². The van der Waals surface area contributed by atoms with Gasteiger partial charge in [0.1, 0.15) is 11.5 Å². The van der Waals surface area contributed by atoms with Crippen LogP contribution in [0.25, 0.3) is 0 Å². The molecule has 2 rings (SSSR count). The predicted molar refractivity (Wildman–Crippen MR) is 82.9 cm³/mol. The Hall–Kier alpha value is -1.67. The molecule has 0 aliphatic carbocycles. The van der Waals surface area contributed by atoms with E-state index in [0.29, 0.717) is 0 Å². The van der Waals surface area contributed by atoms with E-state index in [4.69, 9.17) is 21.1 Å². The molecule has 106 valence electrons. The molecule has 0 saturated heterocycles. The van der Waals surface area contributed by atoms with Crippen LogP contribution >= 0.6 is 11.6 Å². The van der Waals surface area contributed by atoms with Gasteiger partial charge < -0.3 is 9.47 Å². The zero-order chi connectivity index (χ0) is 14.4. The van der Waals surface area contributed by atoms with Gasteiger partial charge in [0.15, 0.2) is 0 Å². The maximum Gasteiger partial charge on any atom is 0.125 e. The summed E-state index contributed by atoms with van der Waals surface area (Å²) in [6, 6.07) is 15.9. The maximum absolute atomic E-state index is 6.47. The van der Waals surface area contributed by atoms with E-state index < -0.39 is 0 Å². The minimum atomic E-state index is -0.00850. The molecule has 1 atom stereocenters. The number of halogens is 1. The predicted octanol–water partition coefficient (Wildman–Crippen LogP) is 4.62. The van der Waals surface area contributed by atoms with Crippen molar-refractivity contribution in [2.24, 2.45) is 0 Å². The molecule has 0 bridgehead atoms. The van der Waals surface area contributed by atoms with E-state index in [1.165, 1.54) is 0 Å². The van der Waals surface area contributed by atoms with Crippen LogP contribution in [0.2, 0.25) is 0 Å². The lowest BCUT2D eigenvalue weighted by Crippen LogP contribution is -1.99. The van der Waals surface area contributed by atoms with Crippen molar-refractivity contribution in [1.29, 1.82) is 0 Å². The van der Waals surface area contributed by atoms with Gasteiger partial charge in [-0.3, -0.25) is 0 Å². The molecule has 0 fully saturated rings. The van der Waals surface area contributed by atoms with E-state index >= 15 is 0 Å². The van der Waals surface area contributed by atoms with E-state index in [0.717, 1.165) is 35.5 Å². The first-order chi connectivity index (χ1) is 9.76. The topological polar surface area (TPSA) is 18.5 Å². The molecule has 0 heterocycles. The summed E-state index contributed by atoms with van der Waals surface area (Å²) in [5.74, 6) is 1.70. The van der Waals surface area contributed by atoms with Crippen molar-refractivity contribution in [3.63, 3.8) is 0 Å². The van der Waals surface area contributed by atoms with Crippen LogP contribution in [0.5, 0.6) is 11.5 Å². The molecule has 3 heteroatoms. The Balaban J connectivity index is 2.11. The van der Waals surface area contributed by atoms with Crippen molar-refractivity contribution >= 4 is 11.6 Å². The summed E-state index contributed by atoms with van der Waals surface area (Å²) in [5.41, 5.74) is 2.21. The summed E-state index contributed by atoms with van der Waals surface area (Å²) in [6.45, 7) is 0. The Morgan fingerprint density at radius 1 is 0.900 bits per heavy atom. The van der Waals surface area contributed by atoms with Crippen molar-refractivity contribution in [3.05, 3.63) is 59.7 Å². The highest BCUT2D eigenvalue weighted by atomic mass is 35.5. The van der Waals surface area contributed by atoms with Gasteiger partial charge in [0, 0.05) is 5.56 Å².